The molecule has 0 fully saturated rings. The average Bonchev–Trinajstić information content (AvgIpc) is 2.29. The highest BCUT2D eigenvalue weighted by Gasteiger charge is 2.34. The van der Waals surface area contributed by atoms with Crippen molar-refractivity contribution >= 4 is 13.3 Å². The molecule has 0 heterocycles. The van der Waals surface area contributed by atoms with E-state index in [4.69, 9.17) is 4.74 Å². The van der Waals surface area contributed by atoms with Gasteiger partial charge in [-0.2, -0.15) is 0 Å². The van der Waals surface area contributed by atoms with Crippen molar-refractivity contribution in [3.63, 3.8) is 0 Å². The lowest BCUT2D eigenvalue weighted by Gasteiger charge is -2.11. The second kappa shape index (κ2) is 5.07. The van der Waals surface area contributed by atoms with Gasteiger partial charge in [0.25, 0.3) is 0 Å². The summed E-state index contributed by atoms with van der Waals surface area (Å²) < 4.78 is 25.3. The van der Waals surface area contributed by atoms with Crippen LogP contribution in [0.25, 0.3) is 0 Å². The lowest BCUT2D eigenvalue weighted by Crippen LogP contribution is -2.09. The minimum Gasteiger partial charge on any atom is -0.417 e. The second-order valence-corrected chi connectivity index (χ2v) is 4.63. The summed E-state index contributed by atoms with van der Waals surface area (Å²) in [6.07, 6.45) is 0. The third kappa shape index (κ3) is 2.89. The van der Waals surface area contributed by atoms with Gasteiger partial charge in [-0.1, -0.05) is 18.2 Å². The molecule has 0 aliphatic carbocycles. The predicted molar refractivity (Wildman–Crippen MR) is 54.1 cm³/mol. The Morgan fingerprint density at radius 3 is 2.13 bits per heavy atom. The molecule has 1 aromatic carbocycles. The van der Waals surface area contributed by atoms with Gasteiger partial charge < -0.3 is 13.8 Å². The van der Waals surface area contributed by atoms with Crippen molar-refractivity contribution in [1.29, 1.82) is 0 Å². The van der Waals surface area contributed by atoms with E-state index >= 15 is 0 Å². The van der Waals surface area contributed by atoms with E-state index in [0.717, 1.165) is 14.2 Å². The molecule has 0 unspecified atom stereocenters. The Morgan fingerprint density at radius 2 is 1.67 bits per heavy atom. The van der Waals surface area contributed by atoms with Gasteiger partial charge in [0.15, 0.2) is 0 Å². The van der Waals surface area contributed by atoms with E-state index in [1.54, 1.807) is 30.3 Å². The molecule has 0 aromatic heterocycles. The Morgan fingerprint density at radius 1 is 1.13 bits per heavy atom. The van der Waals surface area contributed by atoms with Crippen LogP contribution in [0.4, 0.5) is 4.79 Å². The number of carbonyl (C=O) groups excluding carboxylic acids is 1. The summed E-state index contributed by atoms with van der Waals surface area (Å²) in [6, 6.07) is 8.27. The summed E-state index contributed by atoms with van der Waals surface area (Å²) in [4.78, 5) is 11.4. The second-order valence-electron chi connectivity index (χ2n) is 2.54. The van der Waals surface area contributed by atoms with Gasteiger partial charge in [-0.05, 0) is 12.1 Å². The molecular formula is C9H11O5P. The standard InChI is InChI=1S/C9H11O5P/c1-12-15(11,13-2)9(10)14-8-6-4-3-5-7-8/h3-7H,1-2H3. The number of hydrogen-bond donors (Lipinski definition) is 0. The maximum Gasteiger partial charge on any atom is 0.438 e. The summed E-state index contributed by atoms with van der Waals surface area (Å²) >= 11 is 0. The third-order valence-electron chi connectivity index (χ3n) is 1.65. The fourth-order valence-corrected chi connectivity index (χ4v) is 1.53. The summed E-state index contributed by atoms with van der Waals surface area (Å²) in [5, 5.41) is 0. The number of ether oxygens (including phenoxy) is 1. The Labute approximate surface area is 87.5 Å². The van der Waals surface area contributed by atoms with Crippen molar-refractivity contribution in [1.82, 2.24) is 0 Å². The van der Waals surface area contributed by atoms with Crippen LogP contribution in [-0.4, -0.2) is 19.9 Å². The molecule has 0 amide bonds. The quantitative estimate of drug-likeness (QED) is 0.744. The van der Waals surface area contributed by atoms with Crippen LogP contribution in [0.1, 0.15) is 0 Å². The predicted octanol–water partition coefficient (Wildman–Crippen LogP) is 2.67. The highest BCUT2D eigenvalue weighted by atomic mass is 31.2. The van der Waals surface area contributed by atoms with Crippen molar-refractivity contribution in [3.05, 3.63) is 30.3 Å². The number of hydrogen-bond acceptors (Lipinski definition) is 5. The molecule has 1 rings (SSSR count). The molecule has 6 heteroatoms. The molecule has 0 N–H and O–H groups in total. The van der Waals surface area contributed by atoms with E-state index in [-0.39, 0.29) is 5.75 Å². The Kier molecular flexibility index (Phi) is 4.03. The number of rotatable bonds is 4. The summed E-state index contributed by atoms with van der Waals surface area (Å²) in [5.74, 6) is 0.289. The van der Waals surface area contributed by atoms with E-state index in [1.165, 1.54) is 0 Å². The topological polar surface area (TPSA) is 61.8 Å². The lowest BCUT2D eigenvalue weighted by molar-refractivity contribution is 0.203. The first kappa shape index (κ1) is 11.9. The molecule has 0 aliphatic rings. The largest absolute Gasteiger partial charge is 0.438 e. The number of carbonyl (C=O) groups is 1. The first-order chi connectivity index (χ1) is 7.12. The lowest BCUT2D eigenvalue weighted by atomic mass is 10.3. The van der Waals surface area contributed by atoms with Gasteiger partial charge in [-0.25, -0.2) is 9.36 Å². The monoisotopic (exact) mass is 230 g/mol. The SMILES string of the molecule is COP(=O)(OC)C(=O)Oc1ccccc1. The van der Waals surface area contributed by atoms with Gasteiger partial charge in [0, 0.05) is 14.2 Å². The van der Waals surface area contributed by atoms with Crippen molar-refractivity contribution < 1.29 is 23.1 Å². The van der Waals surface area contributed by atoms with Gasteiger partial charge in [-0.15, -0.1) is 0 Å². The van der Waals surface area contributed by atoms with Crippen LogP contribution in [0.3, 0.4) is 0 Å². The van der Waals surface area contributed by atoms with Crippen LogP contribution in [0.5, 0.6) is 5.75 Å². The minimum atomic E-state index is -3.80. The molecule has 0 saturated carbocycles. The molecule has 0 atom stereocenters. The van der Waals surface area contributed by atoms with E-state index in [1.807, 2.05) is 0 Å². The Bertz CT molecular complexity index is 367. The van der Waals surface area contributed by atoms with Crippen LogP contribution >= 0.6 is 7.60 Å². The average molecular weight is 230 g/mol. The first-order valence-electron chi connectivity index (χ1n) is 4.11. The molecular weight excluding hydrogens is 219 g/mol. The zero-order chi connectivity index (χ0) is 11.3. The summed E-state index contributed by atoms with van der Waals surface area (Å²) in [5.41, 5.74) is -1.03. The molecule has 82 valence electrons. The highest BCUT2D eigenvalue weighted by Crippen LogP contribution is 2.48. The number of benzene rings is 1. The van der Waals surface area contributed by atoms with Gasteiger partial charge in [-0.3, -0.25) is 0 Å². The fourth-order valence-electron chi connectivity index (χ4n) is 0.869. The molecule has 15 heavy (non-hydrogen) atoms. The third-order valence-corrected chi connectivity index (χ3v) is 3.15. The van der Waals surface area contributed by atoms with Gasteiger partial charge >= 0.3 is 13.3 Å². The molecule has 0 aliphatic heterocycles. The van der Waals surface area contributed by atoms with E-state index < -0.39 is 13.3 Å². The zero-order valence-corrected chi connectivity index (χ0v) is 9.27. The van der Waals surface area contributed by atoms with Crippen LogP contribution < -0.4 is 4.74 Å². The van der Waals surface area contributed by atoms with Gasteiger partial charge in [0.1, 0.15) is 5.75 Å². The maximum absolute atomic E-state index is 11.5. The normalized spacial score (nSPS) is 11.1. The van der Waals surface area contributed by atoms with Crippen LogP contribution in [0.15, 0.2) is 30.3 Å². The Hall–Kier alpha value is -1.16. The summed E-state index contributed by atoms with van der Waals surface area (Å²) in [6.45, 7) is 0. The van der Waals surface area contributed by atoms with Crippen LogP contribution in [0, 0.1) is 0 Å². The molecule has 5 nitrogen and oxygen atoms in total. The molecule has 0 saturated heterocycles. The van der Waals surface area contributed by atoms with Crippen molar-refractivity contribution in [2.24, 2.45) is 0 Å². The van der Waals surface area contributed by atoms with Gasteiger partial charge in [0.2, 0.25) is 0 Å². The Balaban J connectivity index is 2.76. The van der Waals surface area contributed by atoms with Crippen LogP contribution in [-0.2, 0) is 13.6 Å². The van der Waals surface area contributed by atoms with E-state index in [0.29, 0.717) is 0 Å². The summed E-state index contributed by atoms with van der Waals surface area (Å²) in [7, 11) is -1.56. The maximum atomic E-state index is 11.5. The van der Waals surface area contributed by atoms with Gasteiger partial charge in [0.05, 0.1) is 0 Å². The zero-order valence-electron chi connectivity index (χ0n) is 8.38. The highest BCUT2D eigenvalue weighted by molar-refractivity contribution is 7.71. The fraction of sp³-hybridized carbons (Fsp3) is 0.222. The smallest absolute Gasteiger partial charge is 0.417 e. The number of para-hydroxylation sites is 1. The first-order valence-corrected chi connectivity index (χ1v) is 5.65. The molecule has 0 bridgehead atoms. The van der Waals surface area contributed by atoms with Crippen molar-refractivity contribution in [3.8, 4) is 5.75 Å². The minimum absolute atomic E-state index is 0.289. The molecule has 0 radical (unpaired) electrons. The van der Waals surface area contributed by atoms with E-state index in [2.05, 4.69) is 9.05 Å². The molecule has 0 spiro atoms. The van der Waals surface area contributed by atoms with Crippen LogP contribution in [0.2, 0.25) is 0 Å². The molecule has 1 aromatic rings. The van der Waals surface area contributed by atoms with E-state index in [9.17, 15) is 9.36 Å². The van der Waals surface area contributed by atoms with Crippen molar-refractivity contribution in [2.45, 2.75) is 0 Å². The van der Waals surface area contributed by atoms with Crippen molar-refractivity contribution in [2.75, 3.05) is 14.2 Å².